The number of hydrogen-bond acceptors (Lipinski definition) is 3. The van der Waals surface area contributed by atoms with E-state index in [0.717, 1.165) is 20.9 Å². The van der Waals surface area contributed by atoms with Crippen LogP contribution in [0.5, 0.6) is 0 Å². The van der Waals surface area contributed by atoms with Gasteiger partial charge in [0.2, 0.25) is 0 Å². The normalized spacial score (nSPS) is 12.4. The van der Waals surface area contributed by atoms with Gasteiger partial charge in [0.05, 0.1) is 6.04 Å². The molecule has 0 radical (unpaired) electrons. The molecule has 3 nitrogen and oxygen atoms in total. The first-order valence-electron chi connectivity index (χ1n) is 5.50. The van der Waals surface area contributed by atoms with E-state index in [2.05, 4.69) is 48.3 Å². The molecule has 1 aromatic heterocycles. The van der Waals surface area contributed by atoms with Gasteiger partial charge < -0.3 is 0 Å². The van der Waals surface area contributed by atoms with Crippen molar-refractivity contribution in [1.29, 1.82) is 0 Å². The number of halogens is 2. The van der Waals surface area contributed by atoms with E-state index in [4.69, 9.17) is 5.84 Å². The van der Waals surface area contributed by atoms with Crippen molar-refractivity contribution >= 4 is 31.9 Å². The molecule has 0 spiro atoms. The first kappa shape index (κ1) is 13.7. The van der Waals surface area contributed by atoms with Gasteiger partial charge in [0.1, 0.15) is 0 Å². The largest absolute Gasteiger partial charge is 0.271 e. The topological polar surface area (TPSA) is 50.9 Å². The molecule has 3 N–H and O–H groups in total. The summed E-state index contributed by atoms with van der Waals surface area (Å²) in [4.78, 5) is 4.01. The summed E-state index contributed by atoms with van der Waals surface area (Å²) >= 11 is 7.04. The lowest BCUT2D eigenvalue weighted by Crippen LogP contribution is -2.29. The summed E-state index contributed by atoms with van der Waals surface area (Å²) in [6, 6.07) is 10.1. The maximum atomic E-state index is 5.67. The van der Waals surface area contributed by atoms with Gasteiger partial charge in [0.15, 0.2) is 0 Å². The van der Waals surface area contributed by atoms with E-state index in [-0.39, 0.29) is 6.04 Å². The molecule has 5 heteroatoms. The zero-order chi connectivity index (χ0) is 13.0. The van der Waals surface area contributed by atoms with Crippen LogP contribution in [0.1, 0.15) is 17.2 Å². The summed E-state index contributed by atoms with van der Waals surface area (Å²) in [6.07, 6.45) is 4.39. The van der Waals surface area contributed by atoms with Crippen LogP contribution in [0, 0.1) is 0 Å². The highest BCUT2D eigenvalue weighted by Gasteiger charge is 2.14. The van der Waals surface area contributed by atoms with Gasteiger partial charge in [0, 0.05) is 21.3 Å². The van der Waals surface area contributed by atoms with Gasteiger partial charge in [-0.15, -0.1) is 0 Å². The van der Waals surface area contributed by atoms with Gasteiger partial charge >= 0.3 is 0 Å². The van der Waals surface area contributed by atoms with E-state index in [0.29, 0.717) is 0 Å². The second-order valence-corrected chi connectivity index (χ2v) is 5.71. The quantitative estimate of drug-likeness (QED) is 0.640. The van der Waals surface area contributed by atoms with Crippen LogP contribution in [0.15, 0.2) is 51.7 Å². The molecule has 0 saturated carbocycles. The lowest BCUT2D eigenvalue weighted by atomic mass is 10.0. The highest BCUT2D eigenvalue weighted by atomic mass is 79.9. The molecule has 0 saturated heterocycles. The second-order valence-electron chi connectivity index (χ2n) is 3.94. The third kappa shape index (κ3) is 3.38. The number of hydrazine groups is 1. The molecule has 0 amide bonds. The van der Waals surface area contributed by atoms with Crippen LogP contribution in [0.25, 0.3) is 0 Å². The van der Waals surface area contributed by atoms with Crippen LogP contribution in [0.2, 0.25) is 0 Å². The number of rotatable bonds is 4. The predicted octanol–water partition coefficient (Wildman–Crippen LogP) is 3.35. The molecule has 1 atom stereocenters. The Morgan fingerprint density at radius 3 is 2.56 bits per heavy atom. The SMILES string of the molecule is NNC(Cc1ccncc1)c1cc(Br)ccc1Br. The zero-order valence-corrected chi connectivity index (χ0v) is 12.8. The van der Waals surface area contributed by atoms with Crippen LogP contribution < -0.4 is 11.3 Å². The summed E-state index contributed by atoms with van der Waals surface area (Å²) in [5.74, 6) is 5.67. The van der Waals surface area contributed by atoms with Gasteiger partial charge in [-0.3, -0.25) is 16.3 Å². The maximum absolute atomic E-state index is 5.67. The molecule has 0 fully saturated rings. The lowest BCUT2D eigenvalue weighted by Gasteiger charge is -2.18. The summed E-state index contributed by atoms with van der Waals surface area (Å²) in [7, 11) is 0. The van der Waals surface area contributed by atoms with Gasteiger partial charge in [-0.25, -0.2) is 0 Å². The molecule has 0 aliphatic heterocycles. The van der Waals surface area contributed by atoms with E-state index >= 15 is 0 Å². The van der Waals surface area contributed by atoms with Crippen LogP contribution in [-0.2, 0) is 6.42 Å². The van der Waals surface area contributed by atoms with Crippen molar-refractivity contribution in [3.63, 3.8) is 0 Å². The highest BCUT2D eigenvalue weighted by molar-refractivity contribution is 9.11. The number of nitrogens with zero attached hydrogens (tertiary/aromatic N) is 1. The summed E-state index contributed by atoms with van der Waals surface area (Å²) in [5, 5.41) is 0. The summed E-state index contributed by atoms with van der Waals surface area (Å²) in [6.45, 7) is 0. The fourth-order valence-corrected chi connectivity index (χ4v) is 2.70. The molecule has 2 rings (SSSR count). The van der Waals surface area contributed by atoms with E-state index in [9.17, 15) is 0 Å². The Balaban J connectivity index is 2.26. The molecule has 0 aliphatic rings. The molecule has 2 aromatic rings. The van der Waals surface area contributed by atoms with Crippen LogP contribution in [0.4, 0.5) is 0 Å². The number of pyridine rings is 1. The van der Waals surface area contributed by atoms with Crippen molar-refractivity contribution < 1.29 is 0 Å². The molecule has 1 aromatic carbocycles. The number of nitrogens with one attached hydrogen (secondary N) is 1. The number of nitrogens with two attached hydrogens (primary N) is 1. The van der Waals surface area contributed by atoms with Crippen LogP contribution in [-0.4, -0.2) is 4.98 Å². The fourth-order valence-electron chi connectivity index (χ4n) is 1.79. The summed E-state index contributed by atoms with van der Waals surface area (Å²) in [5.41, 5.74) is 5.19. The Hall–Kier alpha value is -0.750. The fraction of sp³-hybridized carbons (Fsp3) is 0.154. The minimum absolute atomic E-state index is 0.0549. The number of benzene rings is 1. The maximum Gasteiger partial charge on any atom is 0.0511 e. The average Bonchev–Trinajstić information content (AvgIpc) is 2.40. The smallest absolute Gasteiger partial charge is 0.0511 e. The Kier molecular flexibility index (Phi) is 4.88. The number of aromatic nitrogens is 1. The Morgan fingerprint density at radius 1 is 1.17 bits per heavy atom. The Labute approximate surface area is 123 Å². The van der Waals surface area contributed by atoms with Gasteiger partial charge in [-0.1, -0.05) is 31.9 Å². The molecular formula is C13H13Br2N3. The van der Waals surface area contributed by atoms with E-state index in [1.165, 1.54) is 5.56 Å². The highest BCUT2D eigenvalue weighted by Crippen LogP contribution is 2.28. The average molecular weight is 371 g/mol. The molecule has 18 heavy (non-hydrogen) atoms. The molecule has 1 heterocycles. The standard InChI is InChI=1S/C13H13Br2N3/c14-10-1-2-12(15)11(8-10)13(18-16)7-9-3-5-17-6-4-9/h1-6,8,13,18H,7,16H2. The first-order valence-corrected chi connectivity index (χ1v) is 7.09. The molecule has 94 valence electrons. The predicted molar refractivity (Wildman–Crippen MR) is 79.8 cm³/mol. The first-order chi connectivity index (χ1) is 8.70. The third-order valence-electron chi connectivity index (χ3n) is 2.72. The monoisotopic (exact) mass is 369 g/mol. The van der Waals surface area contributed by atoms with Crippen molar-refractivity contribution in [1.82, 2.24) is 10.4 Å². The molecular weight excluding hydrogens is 358 g/mol. The van der Waals surface area contributed by atoms with Crippen molar-refractivity contribution in [3.05, 3.63) is 62.8 Å². The third-order valence-corrected chi connectivity index (χ3v) is 3.94. The van der Waals surface area contributed by atoms with Crippen molar-refractivity contribution in [2.75, 3.05) is 0 Å². The van der Waals surface area contributed by atoms with Crippen molar-refractivity contribution in [2.45, 2.75) is 12.5 Å². The molecule has 0 aliphatic carbocycles. The molecule has 1 unspecified atom stereocenters. The van der Waals surface area contributed by atoms with E-state index in [1.54, 1.807) is 12.4 Å². The Bertz CT molecular complexity index is 517. The van der Waals surface area contributed by atoms with Crippen LogP contribution >= 0.6 is 31.9 Å². The van der Waals surface area contributed by atoms with E-state index < -0.39 is 0 Å². The van der Waals surface area contributed by atoms with Gasteiger partial charge in [-0.05, 0) is 47.9 Å². The van der Waals surface area contributed by atoms with Gasteiger partial charge in [-0.2, -0.15) is 0 Å². The number of hydrogen-bond donors (Lipinski definition) is 2. The summed E-state index contributed by atoms with van der Waals surface area (Å²) < 4.78 is 2.08. The molecule has 0 bridgehead atoms. The van der Waals surface area contributed by atoms with Crippen molar-refractivity contribution in [2.24, 2.45) is 5.84 Å². The minimum Gasteiger partial charge on any atom is -0.271 e. The lowest BCUT2D eigenvalue weighted by molar-refractivity contribution is 0.549. The zero-order valence-electron chi connectivity index (χ0n) is 9.61. The van der Waals surface area contributed by atoms with E-state index in [1.807, 2.05) is 24.3 Å². The minimum atomic E-state index is 0.0549. The van der Waals surface area contributed by atoms with Gasteiger partial charge in [0.25, 0.3) is 0 Å². The van der Waals surface area contributed by atoms with Crippen LogP contribution in [0.3, 0.4) is 0 Å². The van der Waals surface area contributed by atoms with Crippen molar-refractivity contribution in [3.8, 4) is 0 Å². The Morgan fingerprint density at radius 2 is 1.89 bits per heavy atom. The second kappa shape index (κ2) is 6.43.